The number of esters is 2. The van der Waals surface area contributed by atoms with Crippen LogP contribution >= 0.6 is 0 Å². The predicted molar refractivity (Wildman–Crippen MR) is 38.6 cm³/mol. The van der Waals surface area contributed by atoms with Gasteiger partial charge in [-0.05, 0) is 0 Å². The summed E-state index contributed by atoms with van der Waals surface area (Å²) in [6, 6.07) is 0. The molecule has 0 saturated heterocycles. The summed E-state index contributed by atoms with van der Waals surface area (Å²) in [7, 11) is 1.04. The summed E-state index contributed by atoms with van der Waals surface area (Å²) in [4.78, 5) is 30.9. The fourth-order valence-electron chi connectivity index (χ4n) is 0.417. The van der Waals surface area contributed by atoms with Crippen molar-refractivity contribution in [1.82, 2.24) is 5.32 Å². The van der Waals surface area contributed by atoms with E-state index in [4.69, 9.17) is 5.11 Å². The number of ether oxygens (including phenoxy) is 2. The van der Waals surface area contributed by atoms with Crippen LogP contribution in [-0.2, 0) is 23.9 Å². The van der Waals surface area contributed by atoms with Crippen LogP contribution in [0.4, 0.5) is 0 Å². The first kappa shape index (κ1) is 11.4. The number of carboxylic acid groups (broad SMARTS) is 1. The first-order chi connectivity index (χ1) is 6.07. The van der Waals surface area contributed by atoms with Gasteiger partial charge in [0.05, 0.1) is 13.7 Å². The highest BCUT2D eigenvalue weighted by Crippen LogP contribution is 1.79. The van der Waals surface area contributed by atoms with Crippen molar-refractivity contribution in [2.24, 2.45) is 0 Å². The van der Waals surface area contributed by atoms with Gasteiger partial charge in [0.25, 0.3) is 0 Å². The van der Waals surface area contributed by atoms with Crippen LogP contribution in [0, 0.1) is 0 Å². The monoisotopic (exact) mass is 191 g/mol. The molecule has 0 aliphatic heterocycles. The molecule has 0 aliphatic rings. The Morgan fingerprint density at radius 2 is 1.92 bits per heavy atom. The number of nitrogens with one attached hydrogen (secondary N) is 1. The van der Waals surface area contributed by atoms with Gasteiger partial charge in [0.2, 0.25) is 0 Å². The van der Waals surface area contributed by atoms with Crippen LogP contribution < -0.4 is 5.32 Å². The van der Waals surface area contributed by atoms with Crippen LogP contribution in [0.15, 0.2) is 0 Å². The lowest BCUT2D eigenvalue weighted by molar-refractivity contribution is -0.166. The Balaban J connectivity index is 3.48. The molecule has 0 aliphatic carbocycles. The van der Waals surface area contributed by atoms with Crippen molar-refractivity contribution in [2.75, 3.05) is 20.4 Å². The quantitative estimate of drug-likeness (QED) is 0.237. The standard InChI is InChI=1S/C6H9NO6/c1-12-5(10)6(11)13-3-7-2-4(8)9/h7H,2-3H2,1H3,(H,8,9). The minimum Gasteiger partial charge on any atom is -0.480 e. The summed E-state index contributed by atoms with van der Waals surface area (Å²) in [6.07, 6.45) is 0. The van der Waals surface area contributed by atoms with Crippen molar-refractivity contribution < 1.29 is 29.0 Å². The van der Waals surface area contributed by atoms with Crippen molar-refractivity contribution in [3.63, 3.8) is 0 Å². The van der Waals surface area contributed by atoms with E-state index in [1.807, 2.05) is 0 Å². The van der Waals surface area contributed by atoms with Crippen molar-refractivity contribution in [3.8, 4) is 0 Å². The molecule has 7 heteroatoms. The first-order valence-corrected chi connectivity index (χ1v) is 3.25. The van der Waals surface area contributed by atoms with Gasteiger partial charge in [-0.3, -0.25) is 10.1 Å². The van der Waals surface area contributed by atoms with E-state index < -0.39 is 17.9 Å². The second-order valence-electron chi connectivity index (χ2n) is 1.89. The van der Waals surface area contributed by atoms with Gasteiger partial charge in [-0.2, -0.15) is 0 Å². The zero-order valence-electron chi connectivity index (χ0n) is 6.90. The van der Waals surface area contributed by atoms with Crippen molar-refractivity contribution in [2.45, 2.75) is 0 Å². The zero-order valence-corrected chi connectivity index (χ0v) is 6.90. The van der Waals surface area contributed by atoms with Gasteiger partial charge in [-0.25, -0.2) is 9.59 Å². The van der Waals surface area contributed by atoms with Gasteiger partial charge in [0.15, 0.2) is 0 Å². The second-order valence-corrected chi connectivity index (χ2v) is 1.89. The molecule has 0 saturated carbocycles. The molecule has 0 aromatic carbocycles. The summed E-state index contributed by atoms with van der Waals surface area (Å²) in [5.41, 5.74) is 0. The van der Waals surface area contributed by atoms with Crippen LogP contribution in [0.2, 0.25) is 0 Å². The molecule has 0 aromatic heterocycles. The number of carbonyl (C=O) groups is 3. The molecule has 0 atom stereocenters. The number of hydrogen-bond donors (Lipinski definition) is 2. The molecule has 0 unspecified atom stereocenters. The highest BCUT2D eigenvalue weighted by Gasteiger charge is 2.14. The van der Waals surface area contributed by atoms with E-state index >= 15 is 0 Å². The van der Waals surface area contributed by atoms with Crippen molar-refractivity contribution in [1.29, 1.82) is 0 Å². The second kappa shape index (κ2) is 5.95. The third-order valence-electron chi connectivity index (χ3n) is 0.934. The number of carboxylic acids is 1. The van der Waals surface area contributed by atoms with E-state index in [2.05, 4.69) is 14.8 Å². The Hall–Kier alpha value is -1.63. The number of methoxy groups -OCH3 is 1. The third kappa shape index (κ3) is 5.62. The van der Waals surface area contributed by atoms with E-state index in [1.165, 1.54) is 0 Å². The first-order valence-electron chi connectivity index (χ1n) is 3.25. The van der Waals surface area contributed by atoms with Crippen molar-refractivity contribution >= 4 is 17.9 Å². The van der Waals surface area contributed by atoms with Gasteiger partial charge in [0.1, 0.15) is 6.73 Å². The molecule has 0 amide bonds. The number of carbonyl (C=O) groups excluding carboxylic acids is 2. The van der Waals surface area contributed by atoms with Gasteiger partial charge >= 0.3 is 17.9 Å². The summed E-state index contributed by atoms with van der Waals surface area (Å²) in [5.74, 6) is -3.38. The lowest BCUT2D eigenvalue weighted by atomic mass is 10.6. The Kier molecular flexibility index (Phi) is 5.20. The average Bonchev–Trinajstić information content (AvgIpc) is 2.10. The van der Waals surface area contributed by atoms with Gasteiger partial charge in [0, 0.05) is 0 Å². The van der Waals surface area contributed by atoms with Crippen LogP contribution in [0.3, 0.4) is 0 Å². The molecule has 0 aromatic rings. The third-order valence-corrected chi connectivity index (χ3v) is 0.934. The Bertz CT molecular complexity index is 213. The molecule has 0 heterocycles. The summed E-state index contributed by atoms with van der Waals surface area (Å²) in [5, 5.41) is 10.4. The summed E-state index contributed by atoms with van der Waals surface area (Å²) < 4.78 is 8.29. The highest BCUT2D eigenvalue weighted by atomic mass is 16.6. The van der Waals surface area contributed by atoms with Crippen LogP contribution in [0.25, 0.3) is 0 Å². The van der Waals surface area contributed by atoms with Gasteiger partial charge < -0.3 is 14.6 Å². The SMILES string of the molecule is COC(=O)C(=O)OCNCC(=O)O. The fraction of sp³-hybridized carbons (Fsp3) is 0.500. The van der Waals surface area contributed by atoms with Crippen molar-refractivity contribution in [3.05, 3.63) is 0 Å². The Labute approximate surface area is 73.6 Å². The maximum Gasteiger partial charge on any atom is 0.418 e. The molecular weight excluding hydrogens is 182 g/mol. The molecule has 0 bridgehead atoms. The van der Waals surface area contributed by atoms with Gasteiger partial charge in [-0.15, -0.1) is 0 Å². The molecule has 0 radical (unpaired) electrons. The molecule has 2 N–H and O–H groups in total. The Morgan fingerprint density at radius 3 is 2.38 bits per heavy atom. The molecule has 74 valence electrons. The minimum absolute atomic E-state index is 0.347. The molecule has 0 fully saturated rings. The molecule has 13 heavy (non-hydrogen) atoms. The normalized spacial score (nSPS) is 9.00. The zero-order chi connectivity index (χ0) is 10.3. The van der Waals surface area contributed by atoms with E-state index in [1.54, 1.807) is 0 Å². The maximum absolute atomic E-state index is 10.5. The van der Waals surface area contributed by atoms with Gasteiger partial charge in [-0.1, -0.05) is 0 Å². The summed E-state index contributed by atoms with van der Waals surface area (Å²) >= 11 is 0. The topological polar surface area (TPSA) is 102 Å². The fourth-order valence-corrected chi connectivity index (χ4v) is 0.417. The van der Waals surface area contributed by atoms with E-state index in [9.17, 15) is 14.4 Å². The van der Waals surface area contributed by atoms with E-state index in [-0.39, 0.29) is 13.3 Å². The summed E-state index contributed by atoms with van der Waals surface area (Å²) in [6.45, 7) is -0.700. The molecule has 7 nitrogen and oxygen atoms in total. The molecular formula is C6H9NO6. The minimum atomic E-state index is -1.17. The van der Waals surface area contributed by atoms with Crippen LogP contribution in [0.5, 0.6) is 0 Å². The molecule has 0 rings (SSSR count). The number of aliphatic carboxylic acids is 1. The predicted octanol–water partition coefficient (Wildman–Crippen LogP) is -1.67. The molecule has 0 spiro atoms. The smallest absolute Gasteiger partial charge is 0.418 e. The highest BCUT2D eigenvalue weighted by molar-refractivity contribution is 6.29. The lowest BCUT2D eigenvalue weighted by Gasteiger charge is -2.02. The number of hydrogen-bond acceptors (Lipinski definition) is 6. The van der Waals surface area contributed by atoms with E-state index in [0.29, 0.717) is 0 Å². The average molecular weight is 191 g/mol. The number of rotatable bonds is 4. The largest absolute Gasteiger partial charge is 0.480 e. The maximum atomic E-state index is 10.5. The lowest BCUT2D eigenvalue weighted by Crippen LogP contribution is -2.29. The Morgan fingerprint density at radius 1 is 1.31 bits per heavy atom. The van der Waals surface area contributed by atoms with E-state index in [0.717, 1.165) is 7.11 Å². The van der Waals surface area contributed by atoms with Crippen LogP contribution in [-0.4, -0.2) is 43.4 Å². The van der Waals surface area contributed by atoms with Crippen LogP contribution in [0.1, 0.15) is 0 Å².